The first kappa shape index (κ1) is 15.1. The Labute approximate surface area is 122 Å². The van der Waals surface area contributed by atoms with Crippen molar-refractivity contribution >= 4 is 18.0 Å². The summed E-state index contributed by atoms with van der Waals surface area (Å²) in [6.45, 7) is 0.633. The first-order valence-electron chi connectivity index (χ1n) is 6.55. The molecule has 0 aromatic heterocycles. The molecule has 1 aliphatic heterocycles. The van der Waals surface area contributed by atoms with E-state index in [0.717, 1.165) is 5.56 Å². The Balaban J connectivity index is 2.12. The molecule has 1 amide bonds. The molecule has 0 radical (unpaired) electrons. The maximum Gasteiger partial charge on any atom is 0.328 e. The lowest BCUT2D eigenvalue weighted by atomic mass is 10.1. The molecule has 6 nitrogen and oxygen atoms in total. The summed E-state index contributed by atoms with van der Waals surface area (Å²) in [4.78, 5) is 24.6. The van der Waals surface area contributed by atoms with Crippen LogP contribution in [0.5, 0.6) is 5.75 Å². The molecule has 1 saturated heterocycles. The molecule has 1 heterocycles. The van der Waals surface area contributed by atoms with Crippen molar-refractivity contribution in [1.82, 2.24) is 4.90 Å². The zero-order valence-corrected chi connectivity index (χ0v) is 11.7. The number of carbonyl (C=O) groups excluding carboxylic acids is 1. The van der Waals surface area contributed by atoms with E-state index in [2.05, 4.69) is 0 Å². The molecule has 1 aromatic rings. The van der Waals surface area contributed by atoms with Gasteiger partial charge in [-0.05, 0) is 12.1 Å². The average Bonchev–Trinajstić information content (AvgIpc) is 2.52. The van der Waals surface area contributed by atoms with Gasteiger partial charge in [0.05, 0.1) is 20.3 Å². The number of benzene rings is 1. The Hall–Kier alpha value is -2.34. The number of aliphatic carboxylic acids is 1. The number of carboxylic acid groups (broad SMARTS) is 1. The van der Waals surface area contributed by atoms with Gasteiger partial charge in [0.15, 0.2) is 6.04 Å². The van der Waals surface area contributed by atoms with Crippen molar-refractivity contribution in [3.63, 3.8) is 0 Å². The third kappa shape index (κ3) is 3.61. The summed E-state index contributed by atoms with van der Waals surface area (Å²) in [5, 5.41) is 9.11. The van der Waals surface area contributed by atoms with Gasteiger partial charge in [0.2, 0.25) is 5.91 Å². The second-order valence-corrected chi connectivity index (χ2v) is 4.54. The van der Waals surface area contributed by atoms with Gasteiger partial charge in [-0.1, -0.05) is 18.2 Å². The van der Waals surface area contributed by atoms with Crippen LogP contribution in [-0.2, 0) is 14.3 Å². The van der Waals surface area contributed by atoms with Crippen LogP contribution in [0.2, 0.25) is 0 Å². The molecule has 1 aromatic carbocycles. The van der Waals surface area contributed by atoms with Crippen molar-refractivity contribution in [2.24, 2.45) is 0 Å². The lowest BCUT2D eigenvalue weighted by Gasteiger charge is -2.32. The summed E-state index contributed by atoms with van der Waals surface area (Å²) in [7, 11) is 1.55. The van der Waals surface area contributed by atoms with E-state index in [4.69, 9.17) is 14.6 Å². The van der Waals surface area contributed by atoms with E-state index in [-0.39, 0.29) is 19.1 Å². The monoisotopic (exact) mass is 291 g/mol. The van der Waals surface area contributed by atoms with Crippen molar-refractivity contribution in [3.8, 4) is 5.75 Å². The smallest absolute Gasteiger partial charge is 0.328 e. The summed E-state index contributed by atoms with van der Waals surface area (Å²) in [6.07, 6.45) is 2.98. The first-order chi connectivity index (χ1) is 10.1. The standard InChI is InChI=1S/C15H17NO5/c1-20-13-5-3-2-4-11(13)6-7-14(17)16-8-9-21-10-12(16)15(18)19/h2-7,12H,8-10H2,1H3,(H,18,19)/b7-6-/t12-/m0/s1. The van der Waals surface area contributed by atoms with E-state index < -0.39 is 12.0 Å². The molecule has 6 heteroatoms. The zero-order chi connectivity index (χ0) is 15.2. The molecular weight excluding hydrogens is 274 g/mol. The van der Waals surface area contributed by atoms with Crippen molar-refractivity contribution < 1.29 is 24.2 Å². The molecule has 112 valence electrons. The van der Waals surface area contributed by atoms with Gasteiger partial charge in [-0.3, -0.25) is 4.79 Å². The molecule has 1 N–H and O–H groups in total. The van der Waals surface area contributed by atoms with Crippen molar-refractivity contribution in [2.45, 2.75) is 6.04 Å². The lowest BCUT2D eigenvalue weighted by Crippen LogP contribution is -2.52. The van der Waals surface area contributed by atoms with Crippen molar-refractivity contribution in [2.75, 3.05) is 26.9 Å². The Kier molecular flexibility index (Phi) is 4.94. The third-order valence-corrected chi connectivity index (χ3v) is 3.24. The van der Waals surface area contributed by atoms with E-state index in [1.54, 1.807) is 19.3 Å². The molecule has 0 saturated carbocycles. The minimum atomic E-state index is -1.06. The fourth-order valence-corrected chi connectivity index (χ4v) is 2.13. The van der Waals surface area contributed by atoms with E-state index in [0.29, 0.717) is 12.4 Å². The molecule has 1 aliphatic rings. The lowest BCUT2D eigenvalue weighted by molar-refractivity contribution is -0.156. The highest BCUT2D eigenvalue weighted by Crippen LogP contribution is 2.19. The first-order valence-corrected chi connectivity index (χ1v) is 6.55. The topological polar surface area (TPSA) is 76.1 Å². The summed E-state index contributed by atoms with van der Waals surface area (Å²) in [5.74, 6) is -0.761. The molecule has 0 unspecified atom stereocenters. The molecule has 2 rings (SSSR count). The second-order valence-electron chi connectivity index (χ2n) is 4.54. The highest BCUT2D eigenvalue weighted by molar-refractivity contribution is 5.94. The number of methoxy groups -OCH3 is 1. The van der Waals surface area contributed by atoms with Gasteiger partial charge in [-0.15, -0.1) is 0 Å². The van der Waals surface area contributed by atoms with Crippen LogP contribution >= 0.6 is 0 Å². The number of rotatable bonds is 4. The van der Waals surface area contributed by atoms with Crippen LogP contribution in [0.4, 0.5) is 0 Å². The van der Waals surface area contributed by atoms with Crippen LogP contribution in [0.15, 0.2) is 30.3 Å². The van der Waals surface area contributed by atoms with Gasteiger partial charge in [0.1, 0.15) is 5.75 Å². The van der Waals surface area contributed by atoms with Crippen LogP contribution in [0, 0.1) is 0 Å². The summed E-state index contributed by atoms with van der Waals surface area (Å²) >= 11 is 0. The van der Waals surface area contributed by atoms with E-state index in [1.807, 2.05) is 18.2 Å². The number of nitrogens with zero attached hydrogens (tertiary/aromatic N) is 1. The maximum absolute atomic E-state index is 12.2. The molecule has 21 heavy (non-hydrogen) atoms. The van der Waals surface area contributed by atoms with Gasteiger partial charge < -0.3 is 19.5 Å². The number of ether oxygens (including phenoxy) is 2. The predicted octanol–water partition coefficient (Wildman–Crippen LogP) is 1.02. The second kappa shape index (κ2) is 6.90. The highest BCUT2D eigenvalue weighted by Gasteiger charge is 2.31. The number of morpholine rings is 1. The Morgan fingerprint density at radius 1 is 1.43 bits per heavy atom. The number of carbonyl (C=O) groups is 2. The number of para-hydroxylation sites is 1. The minimum absolute atomic E-state index is 0.0174. The summed E-state index contributed by atoms with van der Waals surface area (Å²) < 4.78 is 10.3. The summed E-state index contributed by atoms with van der Waals surface area (Å²) in [6, 6.07) is 6.34. The SMILES string of the molecule is COc1ccccc1/C=C\C(=O)N1CCOC[C@H]1C(=O)O. The fourth-order valence-electron chi connectivity index (χ4n) is 2.13. The number of hydrogen-bond donors (Lipinski definition) is 1. The summed E-state index contributed by atoms with van der Waals surface area (Å²) in [5.41, 5.74) is 0.758. The quantitative estimate of drug-likeness (QED) is 0.838. The van der Waals surface area contributed by atoms with Crippen molar-refractivity contribution in [3.05, 3.63) is 35.9 Å². The van der Waals surface area contributed by atoms with Crippen molar-refractivity contribution in [1.29, 1.82) is 0 Å². The van der Waals surface area contributed by atoms with Gasteiger partial charge in [-0.2, -0.15) is 0 Å². The fraction of sp³-hybridized carbons (Fsp3) is 0.333. The molecule has 0 aliphatic carbocycles. The van der Waals surface area contributed by atoms with Crippen LogP contribution in [0.3, 0.4) is 0 Å². The molecule has 0 spiro atoms. The van der Waals surface area contributed by atoms with Crippen LogP contribution < -0.4 is 4.74 Å². The average molecular weight is 291 g/mol. The van der Waals surface area contributed by atoms with E-state index >= 15 is 0 Å². The molecular formula is C15H17NO5. The Morgan fingerprint density at radius 3 is 2.90 bits per heavy atom. The van der Waals surface area contributed by atoms with Gasteiger partial charge in [0, 0.05) is 18.2 Å². The number of carboxylic acids is 1. The van der Waals surface area contributed by atoms with Gasteiger partial charge in [-0.25, -0.2) is 4.79 Å². The van der Waals surface area contributed by atoms with Gasteiger partial charge >= 0.3 is 5.97 Å². The molecule has 1 atom stereocenters. The highest BCUT2D eigenvalue weighted by atomic mass is 16.5. The van der Waals surface area contributed by atoms with E-state index in [9.17, 15) is 9.59 Å². The van der Waals surface area contributed by atoms with Gasteiger partial charge in [0.25, 0.3) is 0 Å². The molecule has 1 fully saturated rings. The maximum atomic E-state index is 12.2. The number of amides is 1. The number of hydrogen-bond acceptors (Lipinski definition) is 4. The van der Waals surface area contributed by atoms with E-state index in [1.165, 1.54) is 11.0 Å². The van der Waals surface area contributed by atoms with Crippen LogP contribution in [0.25, 0.3) is 6.08 Å². The minimum Gasteiger partial charge on any atom is -0.496 e. The van der Waals surface area contributed by atoms with Crippen LogP contribution in [-0.4, -0.2) is 54.8 Å². The Morgan fingerprint density at radius 2 is 2.19 bits per heavy atom. The third-order valence-electron chi connectivity index (χ3n) is 3.24. The predicted molar refractivity (Wildman–Crippen MR) is 76.0 cm³/mol. The zero-order valence-electron chi connectivity index (χ0n) is 11.7. The molecule has 0 bridgehead atoms. The largest absolute Gasteiger partial charge is 0.496 e. The van der Waals surface area contributed by atoms with Crippen LogP contribution in [0.1, 0.15) is 5.56 Å². The normalized spacial score (nSPS) is 18.7. The Bertz CT molecular complexity index is 555.